The molecule has 0 heterocycles. The number of nitrogens with one attached hydrogen (secondary N) is 1. The summed E-state index contributed by atoms with van der Waals surface area (Å²) in [5.41, 5.74) is 0. The van der Waals surface area contributed by atoms with Crippen molar-refractivity contribution in [2.24, 2.45) is 11.8 Å². The average Bonchev–Trinajstić information content (AvgIpc) is 2.25. The summed E-state index contributed by atoms with van der Waals surface area (Å²) in [7, 11) is 0. The minimum atomic E-state index is 0.833. The summed E-state index contributed by atoms with van der Waals surface area (Å²) >= 11 is 0. The van der Waals surface area contributed by atoms with E-state index >= 15 is 0 Å². The Morgan fingerprint density at radius 1 is 1.25 bits per heavy atom. The quantitative estimate of drug-likeness (QED) is 0.568. The summed E-state index contributed by atoms with van der Waals surface area (Å²) in [6.45, 7) is 7.90. The van der Waals surface area contributed by atoms with Crippen molar-refractivity contribution in [2.75, 3.05) is 6.54 Å². The van der Waals surface area contributed by atoms with Crippen molar-refractivity contribution in [3.8, 4) is 0 Å². The van der Waals surface area contributed by atoms with Crippen molar-refractivity contribution >= 4 is 0 Å². The molecular weight excluding hydrogens is 98.1 g/mol. The van der Waals surface area contributed by atoms with Crippen molar-refractivity contribution in [1.82, 2.24) is 5.32 Å². The zero-order valence-corrected chi connectivity index (χ0v) is 5.94. The van der Waals surface area contributed by atoms with Gasteiger partial charge in [0.25, 0.3) is 0 Å². The molecule has 1 rings (SSSR count). The molecule has 0 aromatic rings. The van der Waals surface area contributed by atoms with E-state index in [2.05, 4.69) is 26.1 Å². The molecule has 1 aliphatic carbocycles. The van der Waals surface area contributed by atoms with Gasteiger partial charge in [-0.15, -0.1) is 0 Å². The van der Waals surface area contributed by atoms with Crippen LogP contribution < -0.4 is 5.32 Å². The van der Waals surface area contributed by atoms with Crippen LogP contribution in [0.3, 0.4) is 0 Å². The Morgan fingerprint density at radius 2 is 1.75 bits per heavy atom. The smallest absolute Gasteiger partial charge is 0.0124 e. The third-order valence-corrected chi connectivity index (χ3v) is 2.26. The maximum atomic E-state index is 3.42. The molecule has 1 nitrogen and oxygen atoms in total. The van der Waals surface area contributed by atoms with Gasteiger partial charge in [0.2, 0.25) is 0 Å². The molecule has 1 N–H and O–H groups in total. The van der Waals surface area contributed by atoms with Crippen LogP contribution in [0.15, 0.2) is 0 Å². The summed E-state index contributed by atoms with van der Waals surface area (Å²) in [5, 5.41) is 3.42. The zero-order valence-electron chi connectivity index (χ0n) is 5.94. The lowest BCUT2D eigenvalue weighted by Gasteiger charge is -1.93. The topological polar surface area (TPSA) is 12.0 Å². The van der Waals surface area contributed by atoms with Gasteiger partial charge < -0.3 is 5.32 Å². The molecule has 1 saturated carbocycles. The molecule has 0 aliphatic heterocycles. The van der Waals surface area contributed by atoms with Crippen molar-refractivity contribution in [1.29, 1.82) is 0 Å². The SMILES string of the molecule is CCNC1C(C)C1C. The van der Waals surface area contributed by atoms with Gasteiger partial charge in [0.05, 0.1) is 0 Å². The Kier molecular flexibility index (Phi) is 1.57. The molecule has 0 bridgehead atoms. The molecule has 0 radical (unpaired) electrons. The molecule has 48 valence electrons. The van der Waals surface area contributed by atoms with Crippen LogP contribution in [0.2, 0.25) is 0 Å². The van der Waals surface area contributed by atoms with Gasteiger partial charge in [-0.25, -0.2) is 0 Å². The standard InChI is InChI=1S/C7H15N/c1-4-8-7-5(2)6(7)3/h5-8H,4H2,1-3H3. The third kappa shape index (κ3) is 0.873. The summed E-state index contributed by atoms with van der Waals surface area (Å²) in [5.74, 6) is 1.85. The second-order valence-electron chi connectivity index (χ2n) is 2.80. The van der Waals surface area contributed by atoms with E-state index in [1.54, 1.807) is 0 Å². The lowest BCUT2D eigenvalue weighted by Crippen LogP contribution is -2.17. The molecule has 1 fully saturated rings. The Bertz CT molecular complexity index is 72.5. The highest BCUT2D eigenvalue weighted by molar-refractivity contribution is 4.96. The Labute approximate surface area is 51.5 Å². The molecule has 0 spiro atoms. The fourth-order valence-corrected chi connectivity index (χ4v) is 1.27. The van der Waals surface area contributed by atoms with Crippen LogP contribution in [-0.2, 0) is 0 Å². The van der Waals surface area contributed by atoms with E-state index in [-0.39, 0.29) is 0 Å². The first kappa shape index (κ1) is 6.09. The lowest BCUT2D eigenvalue weighted by atomic mass is 10.4. The van der Waals surface area contributed by atoms with E-state index < -0.39 is 0 Å². The summed E-state index contributed by atoms with van der Waals surface area (Å²) in [4.78, 5) is 0. The van der Waals surface area contributed by atoms with Gasteiger partial charge in [0.15, 0.2) is 0 Å². The average molecular weight is 113 g/mol. The normalized spacial score (nSPS) is 44.6. The van der Waals surface area contributed by atoms with Crippen molar-refractivity contribution in [3.63, 3.8) is 0 Å². The van der Waals surface area contributed by atoms with Crippen molar-refractivity contribution < 1.29 is 0 Å². The molecule has 8 heavy (non-hydrogen) atoms. The van der Waals surface area contributed by atoms with E-state index in [9.17, 15) is 0 Å². The fraction of sp³-hybridized carbons (Fsp3) is 1.00. The molecular formula is C7H15N. The Hall–Kier alpha value is -0.0400. The number of hydrogen-bond donors (Lipinski definition) is 1. The van der Waals surface area contributed by atoms with Gasteiger partial charge in [-0.05, 0) is 18.4 Å². The predicted octanol–water partition coefficient (Wildman–Crippen LogP) is 1.25. The summed E-state index contributed by atoms with van der Waals surface area (Å²) in [6, 6.07) is 0.833. The molecule has 1 heteroatoms. The van der Waals surface area contributed by atoms with E-state index in [0.29, 0.717) is 0 Å². The molecule has 2 unspecified atom stereocenters. The van der Waals surface area contributed by atoms with Gasteiger partial charge in [-0.3, -0.25) is 0 Å². The monoisotopic (exact) mass is 113 g/mol. The molecule has 0 amide bonds. The van der Waals surface area contributed by atoms with E-state index in [4.69, 9.17) is 0 Å². The highest BCUT2D eigenvalue weighted by Gasteiger charge is 2.41. The first-order valence-corrected chi connectivity index (χ1v) is 3.50. The lowest BCUT2D eigenvalue weighted by molar-refractivity contribution is 0.667. The fourth-order valence-electron chi connectivity index (χ4n) is 1.27. The van der Waals surface area contributed by atoms with Gasteiger partial charge in [0.1, 0.15) is 0 Å². The van der Waals surface area contributed by atoms with Crippen LogP contribution >= 0.6 is 0 Å². The number of hydrogen-bond acceptors (Lipinski definition) is 1. The highest BCUT2D eigenvalue weighted by Crippen LogP contribution is 2.37. The molecule has 2 atom stereocenters. The predicted molar refractivity (Wildman–Crippen MR) is 35.8 cm³/mol. The zero-order chi connectivity index (χ0) is 6.15. The third-order valence-electron chi connectivity index (χ3n) is 2.26. The summed E-state index contributed by atoms with van der Waals surface area (Å²) in [6.07, 6.45) is 0. The maximum Gasteiger partial charge on any atom is 0.0124 e. The van der Waals surface area contributed by atoms with Gasteiger partial charge >= 0.3 is 0 Å². The van der Waals surface area contributed by atoms with Crippen LogP contribution in [0.5, 0.6) is 0 Å². The van der Waals surface area contributed by atoms with Crippen LogP contribution in [0.1, 0.15) is 20.8 Å². The molecule has 1 aliphatic rings. The second kappa shape index (κ2) is 2.06. The minimum absolute atomic E-state index is 0.833. The van der Waals surface area contributed by atoms with Crippen LogP contribution in [0.4, 0.5) is 0 Å². The van der Waals surface area contributed by atoms with Crippen LogP contribution in [0, 0.1) is 11.8 Å². The van der Waals surface area contributed by atoms with E-state index in [0.717, 1.165) is 24.4 Å². The number of rotatable bonds is 2. The second-order valence-corrected chi connectivity index (χ2v) is 2.80. The van der Waals surface area contributed by atoms with Gasteiger partial charge in [0, 0.05) is 6.04 Å². The van der Waals surface area contributed by atoms with E-state index in [1.807, 2.05) is 0 Å². The highest BCUT2D eigenvalue weighted by atomic mass is 15.0. The van der Waals surface area contributed by atoms with Crippen molar-refractivity contribution in [2.45, 2.75) is 26.8 Å². The van der Waals surface area contributed by atoms with Crippen LogP contribution in [0.25, 0.3) is 0 Å². The van der Waals surface area contributed by atoms with E-state index in [1.165, 1.54) is 0 Å². The van der Waals surface area contributed by atoms with Gasteiger partial charge in [-0.1, -0.05) is 20.8 Å². The van der Waals surface area contributed by atoms with Crippen LogP contribution in [-0.4, -0.2) is 12.6 Å². The minimum Gasteiger partial charge on any atom is -0.314 e. The molecule has 0 saturated heterocycles. The largest absolute Gasteiger partial charge is 0.314 e. The first-order chi connectivity index (χ1) is 3.77. The molecule has 0 aromatic carbocycles. The Balaban J connectivity index is 2.13. The molecule has 0 aromatic heterocycles. The van der Waals surface area contributed by atoms with Gasteiger partial charge in [-0.2, -0.15) is 0 Å². The summed E-state index contributed by atoms with van der Waals surface area (Å²) < 4.78 is 0. The maximum absolute atomic E-state index is 3.42. The Morgan fingerprint density at radius 3 is 1.88 bits per heavy atom. The van der Waals surface area contributed by atoms with Crippen molar-refractivity contribution in [3.05, 3.63) is 0 Å². The first-order valence-electron chi connectivity index (χ1n) is 3.50.